The predicted molar refractivity (Wildman–Crippen MR) is 188 cm³/mol. The normalized spacial score (nSPS) is 14.1. The Hall–Kier alpha value is -6.02. The van der Waals surface area contributed by atoms with Gasteiger partial charge in [0, 0.05) is 29.5 Å². The van der Waals surface area contributed by atoms with Gasteiger partial charge in [0.05, 0.1) is 11.1 Å². The number of para-hydroxylation sites is 2. The highest BCUT2D eigenvalue weighted by Crippen LogP contribution is 2.44. The fraction of sp³-hybridized carbons (Fsp3) is 0.231. The first-order valence-corrected chi connectivity index (χ1v) is 16.5. The molecule has 1 aromatic heterocycles. The second-order valence-corrected chi connectivity index (χ2v) is 13.3. The summed E-state index contributed by atoms with van der Waals surface area (Å²) in [6.07, 6.45) is -4.24. The molecule has 6 rings (SSSR count). The van der Waals surface area contributed by atoms with E-state index < -0.39 is 47.1 Å². The van der Waals surface area contributed by atoms with E-state index in [1.165, 1.54) is 24.3 Å². The summed E-state index contributed by atoms with van der Waals surface area (Å²) in [5, 5.41) is 33.7. The van der Waals surface area contributed by atoms with Crippen molar-refractivity contribution in [2.45, 2.75) is 50.9 Å². The number of nitrogens with one attached hydrogen (secondary N) is 2. The Morgan fingerprint density at radius 2 is 1.48 bits per heavy atom. The zero-order valence-electron chi connectivity index (χ0n) is 28.6. The molecule has 1 aliphatic rings. The van der Waals surface area contributed by atoms with Crippen LogP contribution in [0.2, 0.25) is 0 Å². The molecule has 0 radical (unpaired) electrons. The van der Waals surface area contributed by atoms with E-state index in [0.29, 0.717) is 10.9 Å². The average molecular weight is 708 g/mol. The number of carboxylic acids is 1. The van der Waals surface area contributed by atoms with Crippen LogP contribution in [0, 0.1) is 5.21 Å². The molecule has 0 fully saturated rings. The molecule has 3 atom stereocenters. The van der Waals surface area contributed by atoms with E-state index in [1.54, 1.807) is 51.1 Å². The molecular weight excluding hydrogens is 670 g/mol. The number of hydrogen-bond donors (Lipinski definition) is 4. The van der Waals surface area contributed by atoms with Crippen LogP contribution >= 0.6 is 0 Å². The number of amides is 1. The SMILES string of the molecule is CC(C)(C)OC(=O)C(OC(=O)n1c(C[C@H](NC(=O)OCC2c3ccccc3-c3ccccc32)C(=O)O)cc2ccccc21)c1ccccc1[NH+]([O-])O. The lowest BCUT2D eigenvalue weighted by Gasteiger charge is -2.26. The Kier molecular flexibility index (Phi) is 10.1. The van der Waals surface area contributed by atoms with Gasteiger partial charge >= 0.3 is 24.1 Å². The second-order valence-electron chi connectivity index (χ2n) is 13.3. The van der Waals surface area contributed by atoms with E-state index in [4.69, 9.17) is 14.2 Å². The topological polar surface area (TPSA) is 181 Å². The zero-order chi connectivity index (χ0) is 37.2. The van der Waals surface area contributed by atoms with Gasteiger partial charge in [0.25, 0.3) is 0 Å². The van der Waals surface area contributed by atoms with Gasteiger partial charge in [0.15, 0.2) is 5.69 Å². The van der Waals surface area contributed by atoms with Crippen molar-refractivity contribution in [2.24, 2.45) is 0 Å². The summed E-state index contributed by atoms with van der Waals surface area (Å²) in [6, 6.07) is 27.9. The molecule has 2 unspecified atom stereocenters. The average Bonchev–Trinajstić information content (AvgIpc) is 3.63. The lowest BCUT2D eigenvalue weighted by atomic mass is 9.98. The van der Waals surface area contributed by atoms with Crippen molar-refractivity contribution in [3.8, 4) is 11.1 Å². The predicted octanol–water partition coefficient (Wildman–Crippen LogP) is 5.65. The number of benzene rings is 4. The first-order chi connectivity index (χ1) is 24.8. The number of alkyl carbamates (subject to hydrolysis) is 1. The van der Waals surface area contributed by atoms with Crippen LogP contribution in [0.4, 0.5) is 15.3 Å². The summed E-state index contributed by atoms with van der Waals surface area (Å²) in [5.74, 6) is -2.64. The largest absolute Gasteiger partial charge is 0.595 e. The minimum atomic E-state index is -1.79. The van der Waals surface area contributed by atoms with Gasteiger partial charge < -0.3 is 29.8 Å². The molecule has 268 valence electrons. The Balaban J connectivity index is 1.25. The fourth-order valence-corrected chi connectivity index (χ4v) is 6.44. The summed E-state index contributed by atoms with van der Waals surface area (Å²) in [5.41, 5.74) is 3.11. The Morgan fingerprint density at radius 3 is 2.12 bits per heavy atom. The third kappa shape index (κ3) is 7.51. The van der Waals surface area contributed by atoms with Crippen LogP contribution in [-0.4, -0.2) is 57.3 Å². The van der Waals surface area contributed by atoms with Crippen molar-refractivity contribution in [3.63, 3.8) is 0 Å². The van der Waals surface area contributed by atoms with Crippen molar-refractivity contribution in [3.05, 3.63) is 131 Å². The molecule has 4 aromatic carbocycles. The molecule has 52 heavy (non-hydrogen) atoms. The Morgan fingerprint density at radius 1 is 0.885 bits per heavy atom. The molecule has 4 N–H and O–H groups in total. The quantitative estimate of drug-likeness (QED) is 0.0805. The lowest BCUT2D eigenvalue weighted by Crippen LogP contribution is -2.99. The van der Waals surface area contributed by atoms with Crippen molar-refractivity contribution in [2.75, 3.05) is 6.61 Å². The molecule has 13 nitrogen and oxygen atoms in total. The molecule has 1 amide bonds. The molecule has 0 saturated carbocycles. The molecular formula is C39H37N3O10. The first kappa shape index (κ1) is 35.8. The molecule has 0 bridgehead atoms. The summed E-state index contributed by atoms with van der Waals surface area (Å²) < 4.78 is 17.9. The molecule has 1 aliphatic carbocycles. The van der Waals surface area contributed by atoms with Gasteiger partial charge in [-0.3, -0.25) is 0 Å². The summed E-state index contributed by atoms with van der Waals surface area (Å²) in [7, 11) is 0. The number of carbonyl (C=O) groups excluding carboxylic acids is 3. The van der Waals surface area contributed by atoms with Crippen molar-refractivity contribution in [1.82, 2.24) is 9.88 Å². The maximum absolute atomic E-state index is 14.0. The summed E-state index contributed by atoms with van der Waals surface area (Å²) >= 11 is 0. The van der Waals surface area contributed by atoms with Crippen molar-refractivity contribution >= 4 is 40.7 Å². The van der Waals surface area contributed by atoms with Gasteiger partial charge in [-0.05, 0) is 61.2 Å². The number of carboxylic acid groups (broad SMARTS) is 1. The van der Waals surface area contributed by atoms with E-state index >= 15 is 0 Å². The summed E-state index contributed by atoms with van der Waals surface area (Å²) in [4.78, 5) is 53.1. The van der Waals surface area contributed by atoms with Crippen LogP contribution in [0.25, 0.3) is 22.0 Å². The van der Waals surface area contributed by atoms with E-state index in [-0.39, 0.29) is 35.9 Å². The highest BCUT2D eigenvalue weighted by molar-refractivity contribution is 5.92. The first-order valence-electron chi connectivity index (χ1n) is 16.5. The van der Waals surface area contributed by atoms with Gasteiger partial charge in [-0.2, -0.15) is 5.23 Å². The number of aliphatic carboxylic acids is 1. The number of hydrogen-bond acceptors (Lipinski definition) is 9. The molecule has 1 heterocycles. The molecule has 0 spiro atoms. The minimum absolute atomic E-state index is 0.0390. The minimum Gasteiger partial charge on any atom is -0.595 e. The zero-order valence-corrected chi connectivity index (χ0v) is 28.6. The molecule has 13 heteroatoms. The summed E-state index contributed by atoms with van der Waals surface area (Å²) in [6.45, 7) is 4.79. The highest BCUT2D eigenvalue weighted by atomic mass is 16.8. The Labute approximate surface area is 298 Å². The van der Waals surface area contributed by atoms with Gasteiger partial charge in [-0.15, -0.1) is 0 Å². The van der Waals surface area contributed by atoms with Crippen LogP contribution in [0.15, 0.2) is 103 Å². The van der Waals surface area contributed by atoms with Gasteiger partial charge in [0.1, 0.15) is 18.2 Å². The van der Waals surface area contributed by atoms with E-state index in [9.17, 15) is 34.7 Å². The monoisotopic (exact) mass is 707 g/mol. The van der Waals surface area contributed by atoms with Gasteiger partial charge in [0.2, 0.25) is 6.10 Å². The number of fused-ring (bicyclic) bond motifs is 4. The van der Waals surface area contributed by atoms with Crippen LogP contribution in [0.1, 0.15) is 55.2 Å². The van der Waals surface area contributed by atoms with Crippen LogP contribution < -0.4 is 10.5 Å². The van der Waals surface area contributed by atoms with Gasteiger partial charge in [-0.1, -0.05) is 78.9 Å². The van der Waals surface area contributed by atoms with E-state index in [1.807, 2.05) is 48.5 Å². The number of carbonyl (C=O) groups is 4. The van der Waals surface area contributed by atoms with Gasteiger partial charge in [-0.25, -0.2) is 29.0 Å². The third-order valence-electron chi connectivity index (χ3n) is 8.63. The lowest BCUT2D eigenvalue weighted by molar-refractivity contribution is -0.991. The molecule has 0 saturated heterocycles. The van der Waals surface area contributed by atoms with E-state index in [2.05, 4.69) is 5.32 Å². The number of esters is 1. The number of nitrogens with zero attached hydrogens (tertiary/aromatic N) is 1. The fourth-order valence-electron chi connectivity index (χ4n) is 6.44. The Bertz CT molecular complexity index is 2110. The maximum atomic E-state index is 14.0. The van der Waals surface area contributed by atoms with Crippen LogP contribution in [-0.2, 0) is 30.2 Å². The number of quaternary nitrogens is 1. The van der Waals surface area contributed by atoms with Crippen molar-refractivity contribution in [1.29, 1.82) is 0 Å². The number of ether oxygens (including phenoxy) is 3. The third-order valence-corrected chi connectivity index (χ3v) is 8.63. The number of rotatable bonds is 10. The van der Waals surface area contributed by atoms with Crippen LogP contribution in [0.3, 0.4) is 0 Å². The number of aromatic nitrogens is 1. The maximum Gasteiger partial charge on any atom is 0.419 e. The van der Waals surface area contributed by atoms with Crippen molar-refractivity contribution < 1.29 is 48.9 Å². The van der Waals surface area contributed by atoms with Crippen LogP contribution in [0.5, 0.6) is 0 Å². The highest BCUT2D eigenvalue weighted by Gasteiger charge is 2.36. The van der Waals surface area contributed by atoms with E-state index in [0.717, 1.165) is 26.8 Å². The molecule has 5 aromatic rings. The molecule has 0 aliphatic heterocycles. The second kappa shape index (κ2) is 14.7. The smallest absolute Gasteiger partial charge is 0.419 e. The standard InChI is InChI=1S/C39H37N3O10/c1-39(2,3)52-36(45)34(29-17-9-11-19-33(29)42(48)49)51-38(47)41-24(20-23-12-4-10-18-32(23)41)21-31(35(43)44)40-37(46)50-22-30-27-15-7-5-13-25(27)26-14-6-8-16-28(26)30/h4-20,30-31,34,42,48H,21-22H2,1-3H3,(H,40,46)(H,43,44)/t31-,34?/m0/s1.